The summed E-state index contributed by atoms with van der Waals surface area (Å²) in [5.74, 6) is -0.459. The number of benzene rings is 2. The molecule has 1 amide bonds. The first-order chi connectivity index (χ1) is 10.1. The Morgan fingerprint density at radius 3 is 2.57 bits per heavy atom. The zero-order valence-corrected chi connectivity index (χ0v) is 13.1. The third-order valence-electron chi connectivity index (χ3n) is 2.63. The van der Waals surface area contributed by atoms with Crippen LogP contribution in [0.15, 0.2) is 58.6 Å². The van der Waals surface area contributed by atoms with Crippen LogP contribution in [0, 0.1) is 11.3 Å². The molecule has 0 aliphatic heterocycles. The molecule has 3 nitrogen and oxygen atoms in total. The molecule has 0 aromatic heterocycles. The molecule has 2 aromatic rings. The summed E-state index contributed by atoms with van der Waals surface area (Å²) in [6, 6.07) is 15.9. The summed E-state index contributed by atoms with van der Waals surface area (Å²) >= 11 is 9.13. The number of rotatable bonds is 3. The molecule has 0 heterocycles. The van der Waals surface area contributed by atoms with Gasteiger partial charge in [0.25, 0.3) is 5.91 Å². The summed E-state index contributed by atoms with van der Waals surface area (Å²) in [6.07, 6.45) is 1.54. The van der Waals surface area contributed by atoms with Gasteiger partial charge in [-0.05, 0) is 48.0 Å². The topological polar surface area (TPSA) is 52.9 Å². The van der Waals surface area contributed by atoms with Crippen molar-refractivity contribution in [3.8, 4) is 6.07 Å². The van der Waals surface area contributed by atoms with Crippen molar-refractivity contribution in [2.75, 3.05) is 5.32 Å². The molecule has 0 aliphatic rings. The second-order valence-corrected chi connectivity index (χ2v) is 5.54. The number of carbonyl (C=O) groups is 1. The first-order valence-corrected chi connectivity index (χ1v) is 7.20. The Labute approximate surface area is 136 Å². The zero-order chi connectivity index (χ0) is 15.2. The van der Waals surface area contributed by atoms with Crippen LogP contribution in [-0.2, 0) is 4.79 Å². The molecule has 0 saturated heterocycles. The zero-order valence-electron chi connectivity index (χ0n) is 10.8. The second kappa shape index (κ2) is 7.07. The Hall–Kier alpha value is -2.09. The van der Waals surface area contributed by atoms with E-state index in [2.05, 4.69) is 21.2 Å². The maximum atomic E-state index is 12.1. The molecule has 2 aromatic carbocycles. The smallest absolute Gasteiger partial charge is 0.266 e. The van der Waals surface area contributed by atoms with Gasteiger partial charge in [0.2, 0.25) is 0 Å². The van der Waals surface area contributed by atoms with Crippen LogP contribution in [0.3, 0.4) is 0 Å². The van der Waals surface area contributed by atoms with Crippen LogP contribution in [-0.4, -0.2) is 5.91 Å². The number of halogens is 2. The number of nitrogens with one attached hydrogen (secondary N) is 1. The van der Waals surface area contributed by atoms with Gasteiger partial charge in [-0.15, -0.1) is 0 Å². The molecule has 0 bridgehead atoms. The molecule has 0 aliphatic carbocycles. The predicted octanol–water partition coefficient (Wildman–Crippen LogP) is 4.65. The van der Waals surface area contributed by atoms with Gasteiger partial charge in [0.15, 0.2) is 0 Å². The average Bonchev–Trinajstić information content (AvgIpc) is 2.47. The van der Waals surface area contributed by atoms with Crippen LogP contribution in [0.4, 0.5) is 5.69 Å². The van der Waals surface area contributed by atoms with E-state index >= 15 is 0 Å². The lowest BCUT2D eigenvalue weighted by Gasteiger charge is -2.04. The minimum absolute atomic E-state index is 0.0306. The highest BCUT2D eigenvalue weighted by Gasteiger charge is 2.09. The van der Waals surface area contributed by atoms with E-state index in [0.29, 0.717) is 10.7 Å². The largest absolute Gasteiger partial charge is 0.321 e. The van der Waals surface area contributed by atoms with Crippen molar-refractivity contribution in [2.24, 2.45) is 0 Å². The molecule has 0 spiro atoms. The van der Waals surface area contributed by atoms with Crippen molar-refractivity contribution in [3.05, 3.63) is 69.2 Å². The van der Waals surface area contributed by atoms with Gasteiger partial charge in [-0.1, -0.05) is 39.7 Å². The number of nitrogens with zero attached hydrogens (tertiary/aromatic N) is 1. The van der Waals surface area contributed by atoms with Crippen molar-refractivity contribution in [1.82, 2.24) is 0 Å². The van der Waals surface area contributed by atoms with Gasteiger partial charge >= 0.3 is 0 Å². The summed E-state index contributed by atoms with van der Waals surface area (Å²) in [6.45, 7) is 0. The third-order valence-corrected chi connectivity index (χ3v) is 3.37. The van der Waals surface area contributed by atoms with Gasteiger partial charge in [-0.2, -0.15) is 5.26 Å². The number of hydrogen-bond donors (Lipinski definition) is 1. The molecule has 0 unspecified atom stereocenters. The highest BCUT2D eigenvalue weighted by molar-refractivity contribution is 9.10. The van der Waals surface area contributed by atoms with Crippen LogP contribution < -0.4 is 5.32 Å². The number of amides is 1. The maximum absolute atomic E-state index is 12.1. The van der Waals surface area contributed by atoms with E-state index in [1.807, 2.05) is 30.3 Å². The minimum atomic E-state index is -0.459. The van der Waals surface area contributed by atoms with Crippen LogP contribution in [0.25, 0.3) is 6.08 Å². The Bertz CT molecular complexity index is 733. The summed E-state index contributed by atoms with van der Waals surface area (Å²) in [5.41, 5.74) is 1.38. The molecular weight excluding hydrogens is 352 g/mol. The monoisotopic (exact) mass is 360 g/mol. The molecule has 0 radical (unpaired) electrons. The van der Waals surface area contributed by atoms with E-state index in [4.69, 9.17) is 16.9 Å². The minimum Gasteiger partial charge on any atom is -0.321 e. The lowest BCUT2D eigenvalue weighted by atomic mass is 10.1. The number of carbonyl (C=O) groups excluding carboxylic acids is 1. The molecule has 5 heteroatoms. The second-order valence-electron chi connectivity index (χ2n) is 4.19. The van der Waals surface area contributed by atoms with Crippen molar-refractivity contribution in [3.63, 3.8) is 0 Å². The first-order valence-electron chi connectivity index (χ1n) is 6.03. The van der Waals surface area contributed by atoms with Gasteiger partial charge in [0, 0.05) is 15.2 Å². The van der Waals surface area contributed by atoms with Crippen LogP contribution in [0.5, 0.6) is 0 Å². The van der Waals surface area contributed by atoms with E-state index in [0.717, 1.165) is 10.0 Å². The van der Waals surface area contributed by atoms with Crippen LogP contribution in [0.1, 0.15) is 5.56 Å². The Kier molecular flexibility index (Phi) is 5.15. The standard InChI is InChI=1S/C16H10BrClN2O/c17-13-3-1-2-11(9-13)8-12(10-19)16(21)20-15-6-4-14(18)5-7-15/h1-9H,(H,20,21). The fraction of sp³-hybridized carbons (Fsp3) is 0. The van der Waals surface area contributed by atoms with Gasteiger partial charge in [0.05, 0.1) is 0 Å². The van der Waals surface area contributed by atoms with E-state index in [-0.39, 0.29) is 5.57 Å². The first kappa shape index (κ1) is 15.3. The fourth-order valence-corrected chi connectivity index (χ4v) is 2.19. The Balaban J connectivity index is 2.19. The highest BCUT2D eigenvalue weighted by Crippen LogP contribution is 2.17. The van der Waals surface area contributed by atoms with E-state index < -0.39 is 5.91 Å². The van der Waals surface area contributed by atoms with Crippen molar-refractivity contribution >= 4 is 45.2 Å². The van der Waals surface area contributed by atoms with Crippen molar-refractivity contribution in [2.45, 2.75) is 0 Å². The molecule has 21 heavy (non-hydrogen) atoms. The molecule has 0 saturated carbocycles. The highest BCUT2D eigenvalue weighted by atomic mass is 79.9. The van der Waals surface area contributed by atoms with Gasteiger partial charge in [-0.3, -0.25) is 4.79 Å². The number of hydrogen-bond acceptors (Lipinski definition) is 2. The average molecular weight is 362 g/mol. The molecule has 0 fully saturated rings. The molecule has 1 N–H and O–H groups in total. The summed E-state index contributed by atoms with van der Waals surface area (Å²) < 4.78 is 0.881. The number of nitriles is 1. The maximum Gasteiger partial charge on any atom is 0.266 e. The molecule has 104 valence electrons. The fourth-order valence-electron chi connectivity index (χ4n) is 1.64. The van der Waals surface area contributed by atoms with E-state index in [1.54, 1.807) is 24.3 Å². The number of anilines is 1. The van der Waals surface area contributed by atoms with Gasteiger partial charge in [0.1, 0.15) is 11.6 Å². The van der Waals surface area contributed by atoms with E-state index in [9.17, 15) is 4.79 Å². The van der Waals surface area contributed by atoms with E-state index in [1.165, 1.54) is 6.08 Å². The van der Waals surface area contributed by atoms with Crippen molar-refractivity contribution in [1.29, 1.82) is 5.26 Å². The van der Waals surface area contributed by atoms with Gasteiger partial charge in [-0.25, -0.2) is 0 Å². The van der Waals surface area contributed by atoms with Crippen LogP contribution in [0.2, 0.25) is 5.02 Å². The summed E-state index contributed by atoms with van der Waals surface area (Å²) in [4.78, 5) is 12.1. The Morgan fingerprint density at radius 2 is 1.95 bits per heavy atom. The van der Waals surface area contributed by atoms with Crippen LogP contribution >= 0.6 is 27.5 Å². The Morgan fingerprint density at radius 1 is 1.24 bits per heavy atom. The van der Waals surface area contributed by atoms with Gasteiger partial charge < -0.3 is 5.32 Å². The normalized spacial score (nSPS) is 10.8. The SMILES string of the molecule is N#CC(=Cc1cccc(Br)c1)C(=O)Nc1ccc(Cl)cc1. The third kappa shape index (κ3) is 4.45. The predicted molar refractivity (Wildman–Crippen MR) is 87.8 cm³/mol. The summed E-state index contributed by atoms with van der Waals surface area (Å²) in [7, 11) is 0. The summed E-state index contributed by atoms with van der Waals surface area (Å²) in [5, 5.41) is 12.4. The lowest BCUT2D eigenvalue weighted by Crippen LogP contribution is -2.13. The lowest BCUT2D eigenvalue weighted by molar-refractivity contribution is -0.112. The molecule has 0 atom stereocenters. The quantitative estimate of drug-likeness (QED) is 0.639. The molecular formula is C16H10BrClN2O. The molecule has 2 rings (SSSR count). The van der Waals surface area contributed by atoms with Crippen molar-refractivity contribution < 1.29 is 4.79 Å².